The molecule has 4 fully saturated rings. The number of halogens is 1. The van der Waals surface area contributed by atoms with Gasteiger partial charge in [0.1, 0.15) is 5.82 Å². The second-order valence-electron chi connectivity index (χ2n) is 12.2. The first-order valence-electron chi connectivity index (χ1n) is 13.4. The van der Waals surface area contributed by atoms with E-state index >= 15 is 0 Å². The molecule has 1 aromatic heterocycles. The van der Waals surface area contributed by atoms with Crippen molar-refractivity contribution in [3.05, 3.63) is 29.4 Å². The number of amides is 1. The minimum Gasteiger partial charge on any atom is -0.389 e. The number of fused-ring (bicyclic) bond motifs is 1. The lowest BCUT2D eigenvalue weighted by Gasteiger charge is -2.45. The van der Waals surface area contributed by atoms with Gasteiger partial charge in [-0.15, -0.1) is 0 Å². The normalized spacial score (nSPS) is 33.7. The van der Waals surface area contributed by atoms with E-state index in [4.69, 9.17) is 21.1 Å². The van der Waals surface area contributed by atoms with Gasteiger partial charge < -0.3 is 24.8 Å². The van der Waals surface area contributed by atoms with Crippen LogP contribution >= 0.6 is 11.6 Å². The highest BCUT2D eigenvalue weighted by molar-refractivity contribution is 6.34. The highest BCUT2D eigenvalue weighted by Gasteiger charge is 2.61. The third-order valence-corrected chi connectivity index (χ3v) is 9.45. The number of aromatic nitrogens is 1. The zero-order chi connectivity index (χ0) is 26.0. The molecule has 2 N–H and O–H groups in total. The highest BCUT2D eigenvalue weighted by atomic mass is 35.5. The van der Waals surface area contributed by atoms with E-state index in [0.29, 0.717) is 24.1 Å². The van der Waals surface area contributed by atoms with Crippen LogP contribution in [0.1, 0.15) is 40.0 Å². The number of rotatable bonds is 4. The molecule has 0 bridgehead atoms. The summed E-state index contributed by atoms with van der Waals surface area (Å²) in [5.41, 5.74) is 0.552. The first kappa shape index (κ1) is 25.3. The van der Waals surface area contributed by atoms with Crippen molar-refractivity contribution in [3.8, 4) is 0 Å². The predicted molar refractivity (Wildman–Crippen MR) is 144 cm³/mol. The van der Waals surface area contributed by atoms with Gasteiger partial charge in [-0.05, 0) is 69.0 Å². The van der Waals surface area contributed by atoms with Crippen molar-refractivity contribution in [1.82, 2.24) is 9.88 Å². The van der Waals surface area contributed by atoms with Crippen LogP contribution in [0.2, 0.25) is 5.02 Å². The number of nitrogens with one attached hydrogen (secondary N) is 1. The van der Waals surface area contributed by atoms with E-state index in [0.717, 1.165) is 68.5 Å². The molecule has 6 rings (SSSR count). The van der Waals surface area contributed by atoms with Crippen LogP contribution in [0.5, 0.6) is 0 Å². The Kier molecular flexibility index (Phi) is 6.20. The van der Waals surface area contributed by atoms with Crippen molar-refractivity contribution in [2.45, 2.75) is 57.3 Å². The van der Waals surface area contributed by atoms with E-state index in [2.05, 4.69) is 46.9 Å². The van der Waals surface area contributed by atoms with Crippen molar-refractivity contribution in [2.24, 2.45) is 11.3 Å². The Balaban J connectivity index is 1.15. The molecule has 2 aromatic rings. The Morgan fingerprint density at radius 1 is 1.16 bits per heavy atom. The second-order valence-corrected chi connectivity index (χ2v) is 12.6. The molecule has 8 nitrogen and oxygen atoms in total. The van der Waals surface area contributed by atoms with E-state index in [1.165, 1.54) is 0 Å². The summed E-state index contributed by atoms with van der Waals surface area (Å²) in [6.45, 7) is 11.3. The van der Waals surface area contributed by atoms with Gasteiger partial charge in [-0.25, -0.2) is 4.98 Å². The SMILES string of the molecule is CC1(C)CC2(CCO1)CC2C(=O)Nc1cc2cc(N3CCN([C@@]4(C)COC[C@H]4O)CC3)c(Cl)cc2cn1. The molecule has 1 amide bonds. The van der Waals surface area contributed by atoms with Gasteiger partial charge in [0.25, 0.3) is 0 Å². The van der Waals surface area contributed by atoms with E-state index in [1.54, 1.807) is 6.20 Å². The average Bonchev–Trinajstić information content (AvgIpc) is 3.42. The smallest absolute Gasteiger partial charge is 0.229 e. The van der Waals surface area contributed by atoms with Gasteiger partial charge in [-0.3, -0.25) is 9.69 Å². The van der Waals surface area contributed by atoms with Crippen LogP contribution < -0.4 is 10.2 Å². The van der Waals surface area contributed by atoms with Crippen molar-refractivity contribution in [3.63, 3.8) is 0 Å². The molecule has 1 aromatic carbocycles. The lowest BCUT2D eigenvalue weighted by molar-refractivity contribution is -0.120. The number of ether oxygens (including phenoxy) is 2. The molecular formula is C28H37ClN4O4. The Labute approximate surface area is 223 Å². The molecule has 3 saturated heterocycles. The Morgan fingerprint density at radius 2 is 1.95 bits per heavy atom. The van der Waals surface area contributed by atoms with Crippen LogP contribution in [0.15, 0.2) is 24.4 Å². The van der Waals surface area contributed by atoms with Crippen molar-refractivity contribution in [2.75, 3.05) is 56.2 Å². The summed E-state index contributed by atoms with van der Waals surface area (Å²) in [7, 11) is 0. The number of aliphatic hydroxyl groups excluding tert-OH is 1. The summed E-state index contributed by atoms with van der Waals surface area (Å²) in [5.74, 6) is 0.657. The predicted octanol–water partition coefficient (Wildman–Crippen LogP) is 3.69. The maximum Gasteiger partial charge on any atom is 0.229 e. The molecule has 0 radical (unpaired) electrons. The maximum absolute atomic E-state index is 13.1. The van der Waals surface area contributed by atoms with E-state index in [1.807, 2.05) is 12.1 Å². The zero-order valence-electron chi connectivity index (χ0n) is 21.9. The molecule has 200 valence electrons. The Morgan fingerprint density at radius 3 is 2.65 bits per heavy atom. The fourth-order valence-electron chi connectivity index (χ4n) is 6.80. The fourth-order valence-corrected chi connectivity index (χ4v) is 7.09. The Hall–Kier alpha value is -1.97. The molecule has 2 unspecified atom stereocenters. The van der Waals surface area contributed by atoms with Crippen molar-refractivity contribution in [1.29, 1.82) is 0 Å². The largest absolute Gasteiger partial charge is 0.389 e. The third kappa shape index (κ3) is 4.61. The number of piperazine rings is 1. The summed E-state index contributed by atoms with van der Waals surface area (Å²) in [6, 6.07) is 5.99. The van der Waals surface area contributed by atoms with Crippen LogP contribution in [0.3, 0.4) is 0 Å². The number of carbonyl (C=O) groups excluding carboxylic acids is 1. The number of carbonyl (C=O) groups is 1. The number of anilines is 2. The summed E-state index contributed by atoms with van der Waals surface area (Å²) in [5, 5.41) is 16.1. The summed E-state index contributed by atoms with van der Waals surface area (Å²) < 4.78 is 11.4. The second kappa shape index (κ2) is 9.06. The molecule has 1 aliphatic carbocycles. The van der Waals surface area contributed by atoms with Gasteiger partial charge in [0.2, 0.25) is 5.91 Å². The van der Waals surface area contributed by atoms with Gasteiger partial charge in [0.05, 0.1) is 41.2 Å². The van der Waals surface area contributed by atoms with Gasteiger partial charge in [0.15, 0.2) is 0 Å². The molecular weight excluding hydrogens is 492 g/mol. The highest BCUT2D eigenvalue weighted by Crippen LogP contribution is 2.62. The maximum atomic E-state index is 13.1. The number of nitrogens with zero attached hydrogens (tertiary/aromatic N) is 3. The lowest BCUT2D eigenvalue weighted by atomic mass is 9.83. The number of pyridine rings is 1. The van der Waals surface area contributed by atoms with Crippen molar-refractivity contribution < 1.29 is 19.4 Å². The van der Waals surface area contributed by atoms with Crippen LogP contribution in [-0.2, 0) is 14.3 Å². The summed E-state index contributed by atoms with van der Waals surface area (Å²) >= 11 is 6.71. The summed E-state index contributed by atoms with van der Waals surface area (Å²) in [4.78, 5) is 22.2. The molecule has 4 aliphatic rings. The number of hydrogen-bond donors (Lipinski definition) is 2. The molecule has 4 heterocycles. The van der Waals surface area contributed by atoms with Crippen LogP contribution in [0.4, 0.5) is 11.5 Å². The first-order valence-corrected chi connectivity index (χ1v) is 13.8. The van der Waals surface area contributed by atoms with Crippen molar-refractivity contribution >= 4 is 39.8 Å². The standard InChI is InChI=1S/C28H37ClN4O4/c1-26(2)16-28(4-9-37-26)13-20(28)25(35)31-24-12-18-11-22(21(29)10-19(18)14-30-24)32-5-7-33(8-6-32)27(3)17-36-15-23(27)34/h10-12,14,20,23,34H,4-9,13,15-17H2,1-3H3,(H,30,31,35)/t20?,23-,27+,28?/m1/s1. The molecule has 1 spiro atoms. The van der Waals surface area contributed by atoms with Crippen LogP contribution in [0, 0.1) is 11.3 Å². The van der Waals surface area contributed by atoms with E-state index in [9.17, 15) is 9.90 Å². The lowest BCUT2D eigenvalue weighted by Crippen LogP contribution is -2.60. The first-order chi connectivity index (χ1) is 17.6. The molecule has 37 heavy (non-hydrogen) atoms. The minimum atomic E-state index is -0.465. The number of hydrogen-bond acceptors (Lipinski definition) is 7. The molecule has 1 saturated carbocycles. The molecule has 4 atom stereocenters. The topological polar surface area (TPSA) is 87.2 Å². The quantitative estimate of drug-likeness (QED) is 0.625. The third-order valence-electron chi connectivity index (χ3n) is 9.15. The Bertz CT molecular complexity index is 1220. The minimum absolute atomic E-state index is 0.0240. The van der Waals surface area contributed by atoms with Gasteiger partial charge >= 0.3 is 0 Å². The van der Waals surface area contributed by atoms with E-state index < -0.39 is 6.10 Å². The van der Waals surface area contributed by atoms with Crippen LogP contribution in [0.25, 0.3) is 10.8 Å². The van der Waals surface area contributed by atoms with E-state index in [-0.39, 0.29) is 28.4 Å². The number of aliphatic hydroxyl groups is 1. The monoisotopic (exact) mass is 528 g/mol. The van der Waals surface area contributed by atoms with Gasteiger partial charge in [0, 0.05) is 50.3 Å². The fraction of sp³-hybridized carbons (Fsp3) is 0.643. The van der Waals surface area contributed by atoms with Gasteiger partial charge in [-0.2, -0.15) is 0 Å². The molecule has 3 aliphatic heterocycles. The molecule has 9 heteroatoms. The van der Waals surface area contributed by atoms with Crippen LogP contribution in [-0.4, -0.2) is 84.1 Å². The number of benzene rings is 1. The summed E-state index contributed by atoms with van der Waals surface area (Å²) in [6.07, 6.45) is 4.10. The van der Waals surface area contributed by atoms with Gasteiger partial charge in [-0.1, -0.05) is 11.6 Å². The zero-order valence-corrected chi connectivity index (χ0v) is 22.7. The average molecular weight is 529 g/mol.